The lowest BCUT2D eigenvalue weighted by atomic mass is 10.0. The lowest BCUT2D eigenvalue weighted by Crippen LogP contribution is -2.30. The minimum Gasteiger partial charge on any atom is -0.462 e. The predicted molar refractivity (Wildman–Crippen MR) is 275 cm³/mol. The van der Waals surface area contributed by atoms with Gasteiger partial charge in [0.25, 0.3) is 0 Å². The van der Waals surface area contributed by atoms with Crippen molar-refractivity contribution in [2.45, 2.75) is 329 Å². The van der Waals surface area contributed by atoms with E-state index >= 15 is 0 Å². The maximum absolute atomic E-state index is 12.8. The molecule has 64 heavy (non-hydrogen) atoms. The normalized spacial score (nSPS) is 12.0. The van der Waals surface area contributed by atoms with Gasteiger partial charge in [0, 0.05) is 19.3 Å². The topological polar surface area (TPSA) is 78.9 Å². The number of esters is 3. The molecule has 1 atom stereocenters. The summed E-state index contributed by atoms with van der Waals surface area (Å²) in [6, 6.07) is 0. The minimum absolute atomic E-state index is 0.0658. The van der Waals surface area contributed by atoms with Gasteiger partial charge in [-0.1, -0.05) is 270 Å². The first-order valence-electron chi connectivity index (χ1n) is 28.7. The van der Waals surface area contributed by atoms with E-state index in [2.05, 4.69) is 32.9 Å². The fourth-order valence-corrected chi connectivity index (χ4v) is 8.68. The van der Waals surface area contributed by atoms with Crippen molar-refractivity contribution in [2.24, 2.45) is 0 Å². The van der Waals surface area contributed by atoms with Gasteiger partial charge in [0.1, 0.15) is 13.2 Å². The number of carbonyl (C=O) groups is 3. The van der Waals surface area contributed by atoms with Crippen molar-refractivity contribution in [3.8, 4) is 0 Å². The van der Waals surface area contributed by atoms with Crippen LogP contribution in [0.1, 0.15) is 323 Å². The van der Waals surface area contributed by atoms with Crippen LogP contribution in [-0.2, 0) is 28.6 Å². The molecule has 0 radical (unpaired) electrons. The molecule has 0 aromatic carbocycles. The van der Waals surface area contributed by atoms with Crippen molar-refractivity contribution in [1.82, 2.24) is 0 Å². The lowest BCUT2D eigenvalue weighted by Gasteiger charge is -2.18. The second kappa shape index (κ2) is 53.8. The molecule has 0 aliphatic heterocycles. The van der Waals surface area contributed by atoms with Gasteiger partial charge in [-0.2, -0.15) is 0 Å². The summed E-state index contributed by atoms with van der Waals surface area (Å²) in [7, 11) is 0. The average molecular weight is 904 g/mol. The van der Waals surface area contributed by atoms with Crippen LogP contribution in [0.2, 0.25) is 0 Å². The van der Waals surface area contributed by atoms with Crippen LogP contribution in [0, 0.1) is 0 Å². The van der Waals surface area contributed by atoms with Gasteiger partial charge in [-0.15, -0.1) is 0 Å². The molecule has 0 aliphatic rings. The van der Waals surface area contributed by atoms with Crippen molar-refractivity contribution in [3.63, 3.8) is 0 Å². The molecule has 0 saturated carbocycles. The quantitative estimate of drug-likeness (QED) is 0.0262. The molecule has 0 bridgehead atoms. The maximum atomic E-state index is 12.8. The highest BCUT2D eigenvalue weighted by molar-refractivity contribution is 5.71. The molecule has 6 nitrogen and oxygen atoms in total. The SMILES string of the molecule is CCCCCCCCCC/C=C\CCCCCCCCCC(=O)OCC(COC(=O)CCCCCCCCCCCC)OC(=O)CCCCCCCCCCCCCCCCCCC. The van der Waals surface area contributed by atoms with E-state index in [0.29, 0.717) is 19.3 Å². The number of carbonyl (C=O) groups excluding carboxylic acids is 3. The van der Waals surface area contributed by atoms with E-state index in [-0.39, 0.29) is 31.1 Å². The first-order valence-corrected chi connectivity index (χ1v) is 28.7. The molecule has 0 fully saturated rings. The number of hydrogen-bond acceptors (Lipinski definition) is 6. The summed E-state index contributed by atoms with van der Waals surface area (Å²) in [6.45, 7) is 6.68. The van der Waals surface area contributed by atoms with Gasteiger partial charge in [-0.05, 0) is 44.9 Å². The van der Waals surface area contributed by atoms with Crippen LogP contribution in [0.5, 0.6) is 0 Å². The molecule has 0 aromatic heterocycles. The van der Waals surface area contributed by atoms with Gasteiger partial charge in [0.15, 0.2) is 6.10 Å². The van der Waals surface area contributed by atoms with Gasteiger partial charge in [-0.25, -0.2) is 0 Å². The van der Waals surface area contributed by atoms with Crippen LogP contribution in [0.25, 0.3) is 0 Å². The largest absolute Gasteiger partial charge is 0.462 e. The number of ether oxygens (including phenoxy) is 3. The highest BCUT2D eigenvalue weighted by atomic mass is 16.6. The summed E-state index contributed by atoms with van der Waals surface area (Å²) in [6.07, 6.45) is 60.6. The average Bonchev–Trinajstić information content (AvgIpc) is 3.29. The van der Waals surface area contributed by atoms with Crippen LogP contribution < -0.4 is 0 Å². The summed E-state index contributed by atoms with van der Waals surface area (Å²) in [5, 5.41) is 0. The molecule has 1 unspecified atom stereocenters. The molecule has 0 rings (SSSR count). The van der Waals surface area contributed by atoms with Gasteiger partial charge in [0.2, 0.25) is 0 Å². The summed E-state index contributed by atoms with van der Waals surface area (Å²) in [4.78, 5) is 38.0. The van der Waals surface area contributed by atoms with Gasteiger partial charge >= 0.3 is 17.9 Å². The Balaban J connectivity index is 4.25. The van der Waals surface area contributed by atoms with Crippen LogP contribution in [0.4, 0.5) is 0 Å². The van der Waals surface area contributed by atoms with Gasteiger partial charge < -0.3 is 14.2 Å². The van der Waals surface area contributed by atoms with E-state index in [1.165, 1.54) is 225 Å². The summed E-state index contributed by atoms with van der Waals surface area (Å²) < 4.78 is 16.8. The standard InChI is InChI=1S/C58H110O6/c1-4-7-10-13-16-19-22-24-26-28-29-31-32-34-36-39-42-45-48-51-57(60)63-54-55(53-62-56(59)50-47-44-41-38-21-18-15-12-9-6-3)64-58(61)52-49-46-43-40-37-35-33-30-27-25-23-20-17-14-11-8-5-2/h28-29,55H,4-27,30-54H2,1-3H3/b29-28-. The van der Waals surface area contributed by atoms with Crippen molar-refractivity contribution in [2.75, 3.05) is 13.2 Å². The summed E-state index contributed by atoms with van der Waals surface area (Å²) >= 11 is 0. The Morgan fingerprint density at radius 1 is 0.297 bits per heavy atom. The molecule has 378 valence electrons. The number of unbranched alkanes of at least 4 members (excludes halogenated alkanes) is 40. The van der Waals surface area contributed by atoms with Crippen molar-refractivity contribution >= 4 is 17.9 Å². The minimum atomic E-state index is -0.765. The summed E-state index contributed by atoms with van der Waals surface area (Å²) in [5.41, 5.74) is 0. The Morgan fingerprint density at radius 2 is 0.516 bits per heavy atom. The Bertz CT molecular complexity index is 993. The molecule has 0 aromatic rings. The molecular weight excluding hydrogens is 793 g/mol. The van der Waals surface area contributed by atoms with Crippen molar-refractivity contribution in [1.29, 1.82) is 0 Å². The monoisotopic (exact) mass is 903 g/mol. The molecule has 0 spiro atoms. The molecule has 0 aliphatic carbocycles. The van der Waals surface area contributed by atoms with Crippen LogP contribution >= 0.6 is 0 Å². The molecular formula is C58H110O6. The third kappa shape index (κ3) is 51.1. The fourth-order valence-electron chi connectivity index (χ4n) is 8.68. The second-order valence-electron chi connectivity index (χ2n) is 19.6. The number of allylic oxidation sites excluding steroid dienone is 2. The zero-order valence-electron chi connectivity index (χ0n) is 43.3. The Morgan fingerprint density at radius 3 is 0.781 bits per heavy atom. The van der Waals surface area contributed by atoms with Gasteiger partial charge in [-0.3, -0.25) is 14.4 Å². The van der Waals surface area contributed by atoms with Crippen LogP contribution in [0.3, 0.4) is 0 Å². The third-order valence-corrected chi connectivity index (χ3v) is 13.0. The fraction of sp³-hybridized carbons (Fsp3) is 0.914. The van der Waals surface area contributed by atoms with Crippen molar-refractivity contribution < 1.29 is 28.6 Å². The van der Waals surface area contributed by atoms with Crippen molar-refractivity contribution in [3.05, 3.63) is 12.2 Å². The first-order chi connectivity index (χ1) is 31.5. The van der Waals surface area contributed by atoms with E-state index in [4.69, 9.17) is 14.2 Å². The van der Waals surface area contributed by atoms with Crippen LogP contribution in [-0.4, -0.2) is 37.2 Å². The Kier molecular flexibility index (Phi) is 52.2. The highest BCUT2D eigenvalue weighted by Gasteiger charge is 2.19. The Hall–Kier alpha value is -1.85. The van der Waals surface area contributed by atoms with Crippen LogP contribution in [0.15, 0.2) is 12.2 Å². The zero-order chi connectivity index (χ0) is 46.5. The van der Waals surface area contributed by atoms with E-state index in [0.717, 1.165) is 57.8 Å². The smallest absolute Gasteiger partial charge is 0.306 e. The van der Waals surface area contributed by atoms with Gasteiger partial charge in [0.05, 0.1) is 0 Å². The Labute approximate surface area is 399 Å². The molecule has 0 saturated heterocycles. The maximum Gasteiger partial charge on any atom is 0.306 e. The molecule has 0 N–H and O–H groups in total. The lowest BCUT2D eigenvalue weighted by molar-refractivity contribution is -0.167. The van der Waals surface area contributed by atoms with E-state index in [9.17, 15) is 14.4 Å². The zero-order valence-corrected chi connectivity index (χ0v) is 43.3. The molecule has 0 amide bonds. The van der Waals surface area contributed by atoms with E-state index in [1.807, 2.05) is 0 Å². The molecule has 0 heterocycles. The number of rotatable bonds is 53. The number of hydrogen-bond donors (Lipinski definition) is 0. The van der Waals surface area contributed by atoms with E-state index < -0.39 is 6.10 Å². The van der Waals surface area contributed by atoms with E-state index in [1.54, 1.807) is 0 Å². The molecule has 6 heteroatoms. The third-order valence-electron chi connectivity index (χ3n) is 13.0. The first kappa shape index (κ1) is 62.1. The summed E-state index contributed by atoms with van der Waals surface area (Å²) in [5.74, 6) is -0.849. The highest BCUT2D eigenvalue weighted by Crippen LogP contribution is 2.17. The second-order valence-corrected chi connectivity index (χ2v) is 19.6. The predicted octanol–water partition coefficient (Wildman–Crippen LogP) is 18.9.